The number of nitrogens with zero attached hydrogens (tertiary/aromatic N) is 2. The predicted octanol–water partition coefficient (Wildman–Crippen LogP) is 3.01. The molecule has 124 valence electrons. The van der Waals surface area contributed by atoms with E-state index >= 15 is 0 Å². The molecule has 24 heavy (non-hydrogen) atoms. The summed E-state index contributed by atoms with van der Waals surface area (Å²) < 4.78 is 6.83. The molecule has 0 aliphatic rings. The second-order valence-electron chi connectivity index (χ2n) is 5.81. The van der Waals surface area contributed by atoms with Gasteiger partial charge in [0.25, 0.3) is 5.91 Å². The van der Waals surface area contributed by atoms with Crippen LogP contribution in [0, 0.1) is 6.92 Å². The van der Waals surface area contributed by atoms with Gasteiger partial charge in [-0.2, -0.15) is 0 Å². The molecule has 5 heteroatoms. The lowest BCUT2D eigenvalue weighted by molar-refractivity contribution is -0.119. The highest BCUT2D eigenvalue weighted by Gasteiger charge is 2.15. The van der Waals surface area contributed by atoms with Crippen LogP contribution >= 0.6 is 0 Å². The number of nitrogens with one attached hydrogen (secondary N) is 1. The van der Waals surface area contributed by atoms with E-state index in [-0.39, 0.29) is 12.5 Å². The average molecular weight is 323 g/mol. The Labute approximate surface area is 141 Å². The van der Waals surface area contributed by atoms with Crippen LogP contribution in [0.15, 0.2) is 48.7 Å². The number of carbonyl (C=O) groups excluding carboxylic acids is 1. The summed E-state index contributed by atoms with van der Waals surface area (Å²) in [5.41, 5.74) is 4.11. The number of pyridine rings is 1. The number of anilines is 1. The van der Waals surface area contributed by atoms with E-state index in [4.69, 9.17) is 9.72 Å². The highest BCUT2D eigenvalue weighted by atomic mass is 16.5. The van der Waals surface area contributed by atoms with Crippen molar-refractivity contribution in [3.8, 4) is 0 Å². The standard InChI is InChI=1S/C19H21N3O2/c1-14-10-11-22-17(12-14)20-16(19(22)21-18(23)13-24-2)9-8-15-6-4-3-5-7-15/h3-7,10-12H,8-9,13H2,1-2H3,(H,21,23). The van der Waals surface area contributed by atoms with Crippen molar-refractivity contribution >= 4 is 17.4 Å². The molecule has 0 unspecified atom stereocenters. The number of amides is 1. The number of aromatic nitrogens is 2. The molecule has 0 atom stereocenters. The fourth-order valence-electron chi connectivity index (χ4n) is 2.71. The zero-order valence-electron chi connectivity index (χ0n) is 14.0. The molecule has 0 bridgehead atoms. The van der Waals surface area contributed by atoms with Crippen LogP contribution in [0.5, 0.6) is 0 Å². The summed E-state index contributed by atoms with van der Waals surface area (Å²) in [6.07, 6.45) is 3.57. The lowest BCUT2D eigenvalue weighted by Crippen LogP contribution is -2.19. The highest BCUT2D eigenvalue weighted by Crippen LogP contribution is 2.21. The Morgan fingerprint density at radius 2 is 2.00 bits per heavy atom. The van der Waals surface area contributed by atoms with Gasteiger partial charge in [-0.15, -0.1) is 0 Å². The van der Waals surface area contributed by atoms with E-state index in [0.29, 0.717) is 0 Å². The molecule has 3 aromatic rings. The number of benzene rings is 1. The first-order valence-corrected chi connectivity index (χ1v) is 7.97. The van der Waals surface area contributed by atoms with Crippen LogP contribution in [-0.2, 0) is 22.4 Å². The summed E-state index contributed by atoms with van der Waals surface area (Å²) >= 11 is 0. The highest BCUT2D eigenvalue weighted by molar-refractivity contribution is 5.92. The van der Waals surface area contributed by atoms with Gasteiger partial charge in [-0.1, -0.05) is 30.3 Å². The Morgan fingerprint density at radius 1 is 1.21 bits per heavy atom. The summed E-state index contributed by atoms with van der Waals surface area (Å²) in [4.78, 5) is 16.7. The first kappa shape index (κ1) is 16.2. The Kier molecular flexibility index (Phi) is 4.91. The number of carbonyl (C=O) groups is 1. The van der Waals surface area contributed by atoms with Gasteiger partial charge in [-0.3, -0.25) is 9.20 Å². The third-order valence-corrected chi connectivity index (χ3v) is 3.88. The maximum Gasteiger partial charge on any atom is 0.251 e. The molecule has 2 heterocycles. The Balaban J connectivity index is 1.90. The summed E-state index contributed by atoms with van der Waals surface area (Å²) in [5, 5.41) is 2.93. The maximum absolute atomic E-state index is 12.0. The largest absolute Gasteiger partial charge is 0.375 e. The fraction of sp³-hybridized carbons (Fsp3) is 0.263. The average Bonchev–Trinajstić information content (AvgIpc) is 2.91. The number of methoxy groups -OCH3 is 1. The smallest absolute Gasteiger partial charge is 0.251 e. The van der Waals surface area contributed by atoms with Crippen molar-refractivity contribution in [2.75, 3.05) is 19.0 Å². The second-order valence-corrected chi connectivity index (χ2v) is 5.81. The van der Waals surface area contributed by atoms with Crippen LogP contribution in [0.1, 0.15) is 16.8 Å². The molecule has 0 fully saturated rings. The molecule has 1 aromatic carbocycles. The van der Waals surface area contributed by atoms with Crippen LogP contribution in [0.2, 0.25) is 0 Å². The Morgan fingerprint density at radius 3 is 2.75 bits per heavy atom. The van der Waals surface area contributed by atoms with Crippen LogP contribution in [0.3, 0.4) is 0 Å². The minimum absolute atomic E-state index is 0.0250. The molecule has 5 nitrogen and oxygen atoms in total. The van der Waals surface area contributed by atoms with Gasteiger partial charge in [-0.05, 0) is 43.0 Å². The molecule has 1 N–H and O–H groups in total. The Bertz CT molecular complexity index is 840. The van der Waals surface area contributed by atoms with Crippen molar-refractivity contribution in [3.05, 3.63) is 65.5 Å². The topological polar surface area (TPSA) is 55.6 Å². The summed E-state index contributed by atoms with van der Waals surface area (Å²) in [7, 11) is 1.51. The first-order valence-electron chi connectivity index (χ1n) is 7.97. The van der Waals surface area contributed by atoms with E-state index in [9.17, 15) is 4.79 Å². The number of hydrogen-bond donors (Lipinski definition) is 1. The minimum Gasteiger partial charge on any atom is -0.375 e. The molecule has 0 saturated carbocycles. The van der Waals surface area contributed by atoms with Gasteiger partial charge < -0.3 is 10.1 Å². The maximum atomic E-state index is 12.0. The molecule has 0 aliphatic heterocycles. The van der Waals surface area contributed by atoms with Crippen LogP contribution in [0.25, 0.3) is 5.65 Å². The van der Waals surface area contributed by atoms with Crippen molar-refractivity contribution in [2.45, 2.75) is 19.8 Å². The second kappa shape index (κ2) is 7.27. The number of hydrogen-bond acceptors (Lipinski definition) is 3. The van der Waals surface area contributed by atoms with E-state index < -0.39 is 0 Å². The monoisotopic (exact) mass is 323 g/mol. The zero-order chi connectivity index (χ0) is 16.9. The van der Waals surface area contributed by atoms with E-state index in [1.165, 1.54) is 12.7 Å². The van der Waals surface area contributed by atoms with Gasteiger partial charge >= 0.3 is 0 Å². The van der Waals surface area contributed by atoms with E-state index in [1.807, 2.05) is 47.9 Å². The van der Waals surface area contributed by atoms with Crippen molar-refractivity contribution in [1.29, 1.82) is 0 Å². The third-order valence-electron chi connectivity index (χ3n) is 3.88. The van der Waals surface area contributed by atoms with Crippen molar-refractivity contribution in [2.24, 2.45) is 0 Å². The van der Waals surface area contributed by atoms with Gasteiger partial charge in [0, 0.05) is 13.3 Å². The molecule has 0 aliphatic carbocycles. The van der Waals surface area contributed by atoms with Crippen molar-refractivity contribution in [3.63, 3.8) is 0 Å². The van der Waals surface area contributed by atoms with Crippen LogP contribution in [-0.4, -0.2) is 29.0 Å². The van der Waals surface area contributed by atoms with Gasteiger partial charge in [0.05, 0.1) is 5.69 Å². The van der Waals surface area contributed by atoms with Gasteiger partial charge in [-0.25, -0.2) is 4.98 Å². The Hall–Kier alpha value is -2.66. The summed E-state index contributed by atoms with van der Waals surface area (Å²) in [5.74, 6) is 0.545. The normalized spacial score (nSPS) is 10.9. The van der Waals surface area contributed by atoms with Gasteiger partial charge in [0.2, 0.25) is 0 Å². The summed E-state index contributed by atoms with van der Waals surface area (Å²) in [6.45, 7) is 2.05. The fourth-order valence-corrected chi connectivity index (χ4v) is 2.71. The molecule has 0 saturated heterocycles. The molecule has 2 aromatic heterocycles. The summed E-state index contributed by atoms with van der Waals surface area (Å²) in [6, 6.07) is 14.3. The SMILES string of the molecule is COCC(=O)Nc1c(CCc2ccccc2)nc2cc(C)ccn12. The van der Waals surface area contributed by atoms with E-state index in [0.717, 1.165) is 35.6 Å². The molecule has 3 rings (SSSR count). The van der Waals surface area contributed by atoms with Gasteiger partial charge in [0.15, 0.2) is 0 Å². The number of rotatable bonds is 6. The number of ether oxygens (including phenoxy) is 1. The minimum atomic E-state index is -0.180. The van der Waals surface area contributed by atoms with Gasteiger partial charge in [0.1, 0.15) is 18.1 Å². The van der Waals surface area contributed by atoms with E-state index in [2.05, 4.69) is 17.4 Å². The number of fused-ring (bicyclic) bond motifs is 1. The van der Waals surface area contributed by atoms with Crippen molar-refractivity contribution < 1.29 is 9.53 Å². The molecular formula is C19H21N3O2. The predicted molar refractivity (Wildman–Crippen MR) is 94.3 cm³/mol. The molecular weight excluding hydrogens is 302 g/mol. The quantitative estimate of drug-likeness (QED) is 0.758. The van der Waals surface area contributed by atoms with Crippen LogP contribution < -0.4 is 5.32 Å². The zero-order valence-corrected chi connectivity index (χ0v) is 14.0. The number of imidazole rings is 1. The lowest BCUT2D eigenvalue weighted by atomic mass is 10.1. The lowest BCUT2D eigenvalue weighted by Gasteiger charge is -2.07. The number of aryl methyl sites for hydroxylation is 3. The molecule has 1 amide bonds. The third kappa shape index (κ3) is 3.63. The van der Waals surface area contributed by atoms with Crippen LogP contribution in [0.4, 0.5) is 5.82 Å². The molecule has 0 spiro atoms. The first-order chi connectivity index (χ1) is 11.7. The molecule has 0 radical (unpaired) electrons. The van der Waals surface area contributed by atoms with Crippen molar-refractivity contribution in [1.82, 2.24) is 9.38 Å². The van der Waals surface area contributed by atoms with E-state index in [1.54, 1.807) is 0 Å².